The topological polar surface area (TPSA) is 80.8 Å². The lowest BCUT2D eigenvalue weighted by atomic mass is 10.1. The van der Waals surface area contributed by atoms with E-state index >= 15 is 0 Å². The molecule has 0 radical (unpaired) electrons. The van der Waals surface area contributed by atoms with E-state index in [9.17, 15) is 18.0 Å². The molecule has 0 aliphatic carbocycles. The van der Waals surface area contributed by atoms with Crippen molar-refractivity contribution in [1.82, 2.24) is 0 Å². The van der Waals surface area contributed by atoms with Gasteiger partial charge in [-0.05, 0) is 61.4 Å². The highest BCUT2D eigenvalue weighted by Gasteiger charge is 2.28. The van der Waals surface area contributed by atoms with Gasteiger partial charge in [0.05, 0.1) is 11.4 Å². The zero-order valence-electron chi connectivity index (χ0n) is 15.7. The molecule has 0 saturated heterocycles. The lowest BCUT2D eigenvalue weighted by molar-refractivity contribution is -0.142. The molecule has 0 saturated carbocycles. The zero-order valence-corrected chi connectivity index (χ0v) is 17.4. The smallest absolute Gasteiger partial charge is 0.306 e. The number of sulfonamides is 1. The van der Waals surface area contributed by atoms with E-state index < -0.39 is 10.0 Å². The number of fused-ring (bicyclic) bond motifs is 1. The molecular weight excluding hydrogens is 398 g/mol. The number of aryl methyl sites for hydroxylation is 1. The average molecular weight is 422 g/mol. The van der Waals surface area contributed by atoms with Crippen molar-refractivity contribution in [2.45, 2.75) is 32.6 Å². The number of carbonyl (C=O) groups excluding carboxylic acids is 2. The summed E-state index contributed by atoms with van der Waals surface area (Å²) in [5.41, 5.74) is 1.88. The summed E-state index contributed by atoms with van der Waals surface area (Å²) < 4.78 is 30.7. The van der Waals surface area contributed by atoms with Crippen molar-refractivity contribution in [3.05, 3.63) is 51.7 Å². The molecule has 150 valence electrons. The number of hydrogen-bond donors (Lipinski definition) is 0. The van der Waals surface area contributed by atoms with Gasteiger partial charge in [-0.3, -0.25) is 13.9 Å². The number of esters is 1. The van der Waals surface area contributed by atoms with E-state index in [0.29, 0.717) is 30.6 Å². The summed E-state index contributed by atoms with van der Waals surface area (Å²) in [5.74, 6) is -0.632. The molecule has 0 fully saturated rings. The van der Waals surface area contributed by atoms with Crippen molar-refractivity contribution < 1.29 is 22.7 Å². The molecule has 8 heteroatoms. The van der Waals surface area contributed by atoms with Crippen LogP contribution in [0.5, 0.6) is 0 Å². The number of benzene rings is 1. The lowest BCUT2D eigenvalue weighted by Crippen LogP contribution is -2.30. The van der Waals surface area contributed by atoms with Gasteiger partial charge in [-0.25, -0.2) is 8.42 Å². The molecular formula is C20H23NO5S2. The average Bonchev–Trinajstić information content (AvgIpc) is 3.35. The molecule has 0 amide bonds. The Morgan fingerprint density at radius 2 is 2.07 bits per heavy atom. The summed E-state index contributed by atoms with van der Waals surface area (Å²) in [6, 6.07) is 8.96. The predicted octanol–water partition coefficient (Wildman–Crippen LogP) is 3.21. The van der Waals surface area contributed by atoms with Gasteiger partial charge in [-0.15, -0.1) is 11.3 Å². The summed E-state index contributed by atoms with van der Waals surface area (Å²) in [6.45, 7) is 1.70. The van der Waals surface area contributed by atoms with Crippen LogP contribution in [0.3, 0.4) is 0 Å². The fourth-order valence-electron chi connectivity index (χ4n) is 3.15. The number of ether oxygens (including phenoxy) is 1. The molecule has 2 heterocycles. The van der Waals surface area contributed by atoms with Crippen LogP contribution in [-0.2, 0) is 32.4 Å². The Morgan fingerprint density at radius 3 is 2.79 bits per heavy atom. The summed E-state index contributed by atoms with van der Waals surface area (Å²) >= 11 is 1.66. The van der Waals surface area contributed by atoms with Crippen LogP contribution >= 0.6 is 11.3 Å². The second kappa shape index (κ2) is 8.87. The normalized spacial score (nSPS) is 13.4. The highest BCUT2D eigenvalue weighted by atomic mass is 32.2. The molecule has 1 aromatic heterocycles. The third-order valence-corrected chi connectivity index (χ3v) is 7.42. The second-order valence-electron chi connectivity index (χ2n) is 6.58. The Labute approximate surface area is 169 Å². The van der Waals surface area contributed by atoms with Crippen LogP contribution in [0.1, 0.15) is 40.6 Å². The number of ketones is 1. The number of rotatable bonds is 9. The quantitative estimate of drug-likeness (QED) is 0.459. The summed E-state index contributed by atoms with van der Waals surface area (Å²) in [6.07, 6.45) is 2.36. The van der Waals surface area contributed by atoms with Gasteiger partial charge in [0, 0.05) is 23.4 Å². The summed E-state index contributed by atoms with van der Waals surface area (Å²) in [7, 11) is -3.31. The molecule has 0 spiro atoms. The lowest BCUT2D eigenvalue weighted by Gasteiger charge is -2.18. The van der Waals surface area contributed by atoms with E-state index in [4.69, 9.17) is 4.74 Å². The Morgan fingerprint density at radius 1 is 1.25 bits per heavy atom. The van der Waals surface area contributed by atoms with E-state index in [0.717, 1.165) is 12.0 Å². The number of anilines is 1. The molecule has 28 heavy (non-hydrogen) atoms. The van der Waals surface area contributed by atoms with Gasteiger partial charge in [-0.1, -0.05) is 6.07 Å². The minimum absolute atomic E-state index is 0.0373. The first-order valence-electron chi connectivity index (χ1n) is 9.25. The highest BCUT2D eigenvalue weighted by Crippen LogP contribution is 2.31. The Bertz CT molecular complexity index is 951. The van der Waals surface area contributed by atoms with Crippen molar-refractivity contribution in [2.75, 3.05) is 23.2 Å². The molecule has 1 aliphatic heterocycles. The molecule has 0 bridgehead atoms. The van der Waals surface area contributed by atoms with Gasteiger partial charge >= 0.3 is 5.97 Å². The fraction of sp³-hybridized carbons (Fsp3) is 0.400. The van der Waals surface area contributed by atoms with Gasteiger partial charge in [0.2, 0.25) is 10.0 Å². The molecule has 1 aromatic carbocycles. The Hall–Kier alpha value is -2.19. The minimum Gasteiger partial charge on any atom is -0.457 e. The van der Waals surface area contributed by atoms with Crippen LogP contribution in [-0.4, -0.2) is 39.1 Å². The Balaban J connectivity index is 1.52. The van der Waals surface area contributed by atoms with E-state index in [1.54, 1.807) is 36.5 Å². The largest absolute Gasteiger partial charge is 0.457 e. The van der Waals surface area contributed by atoms with Gasteiger partial charge in [0.15, 0.2) is 12.4 Å². The van der Waals surface area contributed by atoms with Crippen molar-refractivity contribution in [3.8, 4) is 0 Å². The minimum atomic E-state index is -3.31. The van der Waals surface area contributed by atoms with Crippen molar-refractivity contribution in [1.29, 1.82) is 0 Å². The second-order valence-corrected chi connectivity index (χ2v) is 9.80. The van der Waals surface area contributed by atoms with E-state index in [-0.39, 0.29) is 30.5 Å². The van der Waals surface area contributed by atoms with Crippen LogP contribution in [0.25, 0.3) is 0 Å². The van der Waals surface area contributed by atoms with Crippen molar-refractivity contribution in [2.24, 2.45) is 0 Å². The summed E-state index contributed by atoms with van der Waals surface area (Å²) in [5, 5.41) is 2.00. The third-order valence-electron chi connectivity index (χ3n) is 4.70. The number of carbonyl (C=O) groups is 2. The maximum Gasteiger partial charge on any atom is 0.306 e. The number of hydrogen-bond acceptors (Lipinski definition) is 6. The Kier molecular flexibility index (Phi) is 6.51. The van der Waals surface area contributed by atoms with Crippen LogP contribution in [0, 0.1) is 0 Å². The van der Waals surface area contributed by atoms with Gasteiger partial charge < -0.3 is 4.74 Å². The van der Waals surface area contributed by atoms with Gasteiger partial charge in [0.1, 0.15) is 0 Å². The predicted molar refractivity (Wildman–Crippen MR) is 109 cm³/mol. The maximum atomic E-state index is 12.3. The number of Topliss-reactive ketones (excluding diaryl/α,β-unsaturated/α-hetero) is 1. The first-order chi connectivity index (χ1) is 13.4. The molecule has 0 N–H and O–H groups in total. The first-order valence-corrected chi connectivity index (χ1v) is 11.7. The summed E-state index contributed by atoms with van der Waals surface area (Å²) in [4.78, 5) is 25.4. The number of thiophene rings is 1. The van der Waals surface area contributed by atoms with Crippen LogP contribution in [0.2, 0.25) is 0 Å². The molecule has 2 aromatic rings. The molecule has 0 atom stereocenters. The van der Waals surface area contributed by atoms with Crippen molar-refractivity contribution >= 4 is 38.8 Å². The standard InChI is InChI=1S/C20H23NO5S2/c1-2-28(24,25)21-11-10-15-13-16(8-9-18(15)21)19(22)14-26-20(23)7-3-5-17-6-4-12-27-17/h4,6,8-9,12-13H,2-3,5,7,10-11,14H2,1H3. The van der Waals surface area contributed by atoms with Gasteiger partial charge in [-0.2, -0.15) is 0 Å². The van der Waals surface area contributed by atoms with E-state index in [1.165, 1.54) is 9.18 Å². The third kappa shape index (κ3) is 4.80. The molecule has 1 aliphatic rings. The zero-order chi connectivity index (χ0) is 20.1. The van der Waals surface area contributed by atoms with Gasteiger partial charge in [0.25, 0.3) is 0 Å². The van der Waals surface area contributed by atoms with E-state index in [2.05, 4.69) is 0 Å². The monoisotopic (exact) mass is 421 g/mol. The van der Waals surface area contributed by atoms with Crippen molar-refractivity contribution in [3.63, 3.8) is 0 Å². The van der Waals surface area contributed by atoms with Crippen LogP contribution < -0.4 is 4.31 Å². The maximum absolute atomic E-state index is 12.3. The molecule has 0 unspecified atom stereocenters. The first kappa shape index (κ1) is 20.5. The SMILES string of the molecule is CCS(=O)(=O)N1CCc2cc(C(=O)COC(=O)CCCc3cccs3)ccc21. The van der Waals surface area contributed by atoms with Crippen LogP contribution in [0.4, 0.5) is 5.69 Å². The highest BCUT2D eigenvalue weighted by molar-refractivity contribution is 7.92. The van der Waals surface area contributed by atoms with E-state index in [1.807, 2.05) is 17.5 Å². The molecule has 3 rings (SSSR count). The fourth-order valence-corrected chi connectivity index (χ4v) is 5.06. The molecule has 6 nitrogen and oxygen atoms in total. The van der Waals surface area contributed by atoms with Crippen LogP contribution in [0.15, 0.2) is 35.7 Å². The number of nitrogens with zero attached hydrogens (tertiary/aromatic N) is 1.